The molecular formula is C33H52N10O5S. The van der Waals surface area contributed by atoms with E-state index in [1.807, 2.05) is 16.8 Å². The summed E-state index contributed by atoms with van der Waals surface area (Å²) in [7, 11) is 1.27. The van der Waals surface area contributed by atoms with Crippen molar-refractivity contribution < 1.29 is 23.9 Å². The first-order chi connectivity index (χ1) is 23.7. The first-order valence-corrected chi connectivity index (χ1v) is 17.6. The highest BCUT2D eigenvalue weighted by Gasteiger charge is 2.18. The number of ether oxygens (including phenoxy) is 1. The van der Waals surface area contributed by atoms with E-state index in [0.29, 0.717) is 0 Å². The number of imidazole rings is 3. The average Bonchev–Trinajstić information content (AvgIpc) is 3.93. The van der Waals surface area contributed by atoms with E-state index in [9.17, 15) is 19.2 Å². The Balaban J connectivity index is 0.000000242. The first-order valence-electron chi connectivity index (χ1n) is 16.8. The molecule has 4 aromatic rings. The molecule has 2 aliphatic rings. The van der Waals surface area contributed by atoms with Gasteiger partial charge in [-0.1, -0.05) is 51.9 Å². The van der Waals surface area contributed by atoms with Crippen molar-refractivity contribution >= 4 is 40.1 Å². The van der Waals surface area contributed by atoms with E-state index in [4.69, 9.17) is 0 Å². The maximum Gasteiger partial charge on any atom is 0.407 e. The van der Waals surface area contributed by atoms with Crippen molar-refractivity contribution in [2.24, 2.45) is 0 Å². The first kappa shape index (κ1) is 40.4. The number of rotatable bonds is 6. The second-order valence-corrected chi connectivity index (χ2v) is 12.2. The predicted molar refractivity (Wildman–Crippen MR) is 191 cm³/mol. The lowest BCUT2D eigenvalue weighted by Gasteiger charge is -2.14. The van der Waals surface area contributed by atoms with Gasteiger partial charge in [0.15, 0.2) is 10.8 Å². The predicted octanol–water partition coefficient (Wildman–Crippen LogP) is 4.72. The normalized spacial score (nSPS) is 13.0. The minimum atomic E-state index is -0.562. The fourth-order valence-electron chi connectivity index (χ4n) is 4.41. The highest BCUT2D eigenvalue weighted by atomic mass is 32.1. The van der Waals surface area contributed by atoms with Gasteiger partial charge in [-0.2, -0.15) is 0 Å². The van der Waals surface area contributed by atoms with E-state index in [-0.39, 0.29) is 30.8 Å². The van der Waals surface area contributed by atoms with E-state index in [1.165, 1.54) is 26.9 Å². The zero-order valence-electron chi connectivity index (χ0n) is 29.6. The second-order valence-electron chi connectivity index (χ2n) is 11.2. The number of hydrogen-bond donors (Lipinski definition) is 4. The van der Waals surface area contributed by atoms with Crippen molar-refractivity contribution in [2.75, 3.05) is 46.4 Å². The van der Waals surface area contributed by atoms with Crippen molar-refractivity contribution in [2.45, 2.75) is 73.1 Å². The van der Waals surface area contributed by atoms with Gasteiger partial charge in [-0.25, -0.2) is 19.7 Å². The minimum Gasteiger partial charge on any atom is -0.453 e. The van der Waals surface area contributed by atoms with Gasteiger partial charge < -0.3 is 35.1 Å². The summed E-state index contributed by atoms with van der Waals surface area (Å²) in [6.45, 7) is 13.4. The van der Waals surface area contributed by atoms with Gasteiger partial charge in [0.1, 0.15) is 12.2 Å². The molecule has 6 heterocycles. The monoisotopic (exact) mass is 700 g/mol. The van der Waals surface area contributed by atoms with Crippen LogP contribution in [0, 0.1) is 0 Å². The molecule has 4 N–H and O–H groups in total. The maximum atomic E-state index is 11.3. The van der Waals surface area contributed by atoms with Crippen LogP contribution >= 0.6 is 11.3 Å². The third-order valence-electron chi connectivity index (χ3n) is 6.64. The van der Waals surface area contributed by atoms with Crippen LogP contribution in [-0.2, 0) is 19.1 Å². The molecule has 0 spiro atoms. The molecule has 0 unspecified atom stereocenters. The number of carbonyl (C=O) groups excluding carboxylic acids is 4. The van der Waals surface area contributed by atoms with Gasteiger partial charge in [0.05, 0.1) is 36.7 Å². The van der Waals surface area contributed by atoms with Crippen molar-refractivity contribution in [3.63, 3.8) is 0 Å². The topological polar surface area (TPSA) is 183 Å². The van der Waals surface area contributed by atoms with Crippen LogP contribution in [0.2, 0.25) is 0 Å². The molecular weight excluding hydrogens is 648 g/mol. The van der Waals surface area contributed by atoms with Gasteiger partial charge in [-0.15, -0.1) is 0 Å². The van der Waals surface area contributed by atoms with E-state index in [1.54, 1.807) is 46.1 Å². The fraction of sp³-hybridized carbons (Fsp3) is 0.545. The summed E-state index contributed by atoms with van der Waals surface area (Å²) in [5.74, 6) is 0.627. The lowest BCUT2D eigenvalue weighted by Crippen LogP contribution is -2.38. The number of nitrogens with zero attached hydrogens (tertiary/aromatic N) is 6. The van der Waals surface area contributed by atoms with E-state index < -0.39 is 6.09 Å². The van der Waals surface area contributed by atoms with Crippen molar-refractivity contribution in [3.8, 4) is 22.1 Å². The number of amides is 4. The Morgan fingerprint density at radius 2 is 1.45 bits per heavy atom. The molecule has 4 aromatic heterocycles. The van der Waals surface area contributed by atoms with Gasteiger partial charge >= 0.3 is 6.09 Å². The van der Waals surface area contributed by atoms with Gasteiger partial charge in [0.2, 0.25) is 17.7 Å². The Kier molecular flexibility index (Phi) is 18.8. The van der Waals surface area contributed by atoms with E-state index in [2.05, 4.69) is 68.0 Å². The molecule has 0 radical (unpaired) electrons. The molecule has 15 nitrogen and oxygen atoms in total. The third-order valence-corrected chi connectivity index (χ3v) is 7.67. The molecule has 2 aliphatic heterocycles. The van der Waals surface area contributed by atoms with Gasteiger partial charge in [-0.05, 0) is 25.7 Å². The number of methoxy groups -OCH3 is 1. The molecule has 6 rings (SSSR count). The molecule has 0 aliphatic carbocycles. The summed E-state index contributed by atoms with van der Waals surface area (Å²) in [4.78, 5) is 68.2. The summed E-state index contributed by atoms with van der Waals surface area (Å²) in [5.41, 5.74) is 1.85. The zero-order chi connectivity index (χ0) is 36.0. The van der Waals surface area contributed by atoms with Crippen LogP contribution in [0.3, 0.4) is 0 Å². The van der Waals surface area contributed by atoms with E-state index in [0.717, 1.165) is 78.9 Å². The van der Waals surface area contributed by atoms with E-state index >= 15 is 0 Å². The van der Waals surface area contributed by atoms with Crippen molar-refractivity contribution in [1.82, 2.24) is 49.8 Å². The Hall–Kier alpha value is -4.73. The van der Waals surface area contributed by atoms with Crippen LogP contribution in [-0.4, -0.2) is 109 Å². The number of nitrogens with one attached hydrogen (secondary N) is 4. The zero-order valence-corrected chi connectivity index (χ0v) is 30.4. The van der Waals surface area contributed by atoms with Crippen LogP contribution in [0.4, 0.5) is 4.79 Å². The molecule has 4 amide bonds. The summed E-state index contributed by atoms with van der Waals surface area (Å²) < 4.78 is 6.34. The van der Waals surface area contributed by atoms with Crippen LogP contribution in [0.25, 0.3) is 27.1 Å². The summed E-state index contributed by atoms with van der Waals surface area (Å²) in [6, 6.07) is 0. The molecule has 16 heteroatoms. The molecule has 2 fully saturated rings. The number of fused-ring (bicyclic) bond motifs is 1. The number of aromatic nitrogens is 6. The van der Waals surface area contributed by atoms with Crippen LogP contribution < -0.4 is 10.6 Å². The van der Waals surface area contributed by atoms with Crippen LogP contribution in [0.1, 0.15) is 73.1 Å². The van der Waals surface area contributed by atoms with Gasteiger partial charge in [0, 0.05) is 57.9 Å². The van der Waals surface area contributed by atoms with Gasteiger partial charge in [-0.3, -0.25) is 18.8 Å². The number of carbonyl (C=O) groups is 4. The Bertz CT molecular complexity index is 1410. The lowest BCUT2D eigenvalue weighted by molar-refractivity contribution is -0.131. The number of H-pyrrole nitrogens is 2. The third kappa shape index (κ3) is 14.5. The standard InChI is InChI=1S/C11H8N6S.C8H14N2O3.C8H14N2O2.2C3H8/c1-2-14-10(13-1)8-4-17-5-9(18-11(17)16-8)7-3-12-6-15-7;1-13-8(12)9-6-7(11)10-4-2-3-5-10;1-7(11)9-6-8(12)10-4-2-3-5-10;2*1-3-2/h1-6H,(H,12,15)(H,13,14);2-6H2,1H3,(H,9,12);2-6H2,1H3,(H,9,11);2*3H2,1-2H3. The van der Waals surface area contributed by atoms with Crippen molar-refractivity contribution in [1.29, 1.82) is 0 Å². The Labute approximate surface area is 292 Å². The smallest absolute Gasteiger partial charge is 0.407 e. The summed E-state index contributed by atoms with van der Waals surface area (Å²) in [5, 5.41) is 4.85. The minimum absolute atomic E-state index is 0.0303. The summed E-state index contributed by atoms with van der Waals surface area (Å²) >= 11 is 1.61. The number of hydrogen-bond acceptors (Lipinski definition) is 9. The molecule has 0 bridgehead atoms. The Morgan fingerprint density at radius 1 is 0.878 bits per heavy atom. The number of alkyl carbamates (subject to hydrolysis) is 1. The number of thiazole rings is 1. The van der Waals surface area contributed by atoms with Crippen LogP contribution in [0.15, 0.2) is 37.3 Å². The molecule has 2 saturated heterocycles. The largest absolute Gasteiger partial charge is 0.453 e. The van der Waals surface area contributed by atoms with Crippen LogP contribution in [0.5, 0.6) is 0 Å². The number of aromatic amines is 2. The fourth-order valence-corrected chi connectivity index (χ4v) is 5.35. The molecule has 270 valence electrons. The molecule has 49 heavy (non-hydrogen) atoms. The average molecular weight is 701 g/mol. The van der Waals surface area contributed by atoms with Crippen molar-refractivity contribution in [3.05, 3.63) is 37.3 Å². The SMILES string of the molecule is CC(=O)NCC(=O)N1CCCC1.CCC.CCC.COC(=O)NCC(=O)N1CCCC1.c1c[nH]c(-c2cn3cc(-c4cnc[nH]4)sc3n2)n1. The molecule has 0 saturated carbocycles. The molecule has 0 atom stereocenters. The molecule has 0 aromatic carbocycles. The maximum absolute atomic E-state index is 11.3. The van der Waals surface area contributed by atoms with Gasteiger partial charge in [0.25, 0.3) is 0 Å². The second kappa shape index (κ2) is 22.8. The quantitative estimate of drug-likeness (QED) is 0.223. The Morgan fingerprint density at radius 3 is 1.90 bits per heavy atom. The lowest BCUT2D eigenvalue weighted by atomic mass is 10.4. The highest BCUT2D eigenvalue weighted by Crippen LogP contribution is 2.28. The highest BCUT2D eigenvalue weighted by molar-refractivity contribution is 7.20. The number of likely N-dealkylation sites (tertiary alicyclic amines) is 2. The summed E-state index contributed by atoms with van der Waals surface area (Å²) in [6.07, 6.45) is 17.2.